The van der Waals surface area contributed by atoms with Crippen molar-refractivity contribution in [1.82, 2.24) is 20.1 Å². The molecular weight excluding hydrogens is 424 g/mol. The summed E-state index contributed by atoms with van der Waals surface area (Å²) < 4.78 is 6.28. The van der Waals surface area contributed by atoms with Crippen LogP contribution in [0.2, 0.25) is 0 Å². The second-order valence-corrected chi connectivity index (χ2v) is 8.45. The summed E-state index contributed by atoms with van der Waals surface area (Å²) in [6.07, 6.45) is 2.74. The van der Waals surface area contributed by atoms with Crippen molar-refractivity contribution in [3.63, 3.8) is 0 Å². The number of carboxylic acid groups (broad SMARTS) is 1. The third-order valence-corrected chi connectivity index (χ3v) is 5.89. The smallest absolute Gasteiger partial charge is 0.335 e. The van der Waals surface area contributed by atoms with Gasteiger partial charge in [-0.1, -0.05) is 18.2 Å². The lowest BCUT2D eigenvalue weighted by molar-refractivity contribution is 0.0697. The maximum absolute atomic E-state index is 11.1. The fourth-order valence-electron chi connectivity index (χ4n) is 3.96. The van der Waals surface area contributed by atoms with Gasteiger partial charge in [0.15, 0.2) is 5.11 Å². The number of carboxylic acids is 1. The highest BCUT2D eigenvalue weighted by Gasteiger charge is 2.41. The number of aromatic carboxylic acids is 1. The van der Waals surface area contributed by atoms with Crippen LogP contribution >= 0.6 is 12.2 Å². The number of benzene rings is 1. The molecule has 1 aromatic carbocycles. The monoisotopic (exact) mass is 450 g/mol. The Hall–Kier alpha value is -3.23. The van der Waals surface area contributed by atoms with Crippen LogP contribution in [0.25, 0.3) is 11.3 Å². The Bertz CT molecular complexity index is 1080. The zero-order chi connectivity index (χ0) is 22.7. The number of hydrogen-bond acceptors (Lipinski definition) is 5. The average molecular weight is 451 g/mol. The molecular formula is C24H26N4O3S. The van der Waals surface area contributed by atoms with E-state index in [-0.39, 0.29) is 17.6 Å². The Labute approximate surface area is 192 Å². The largest absolute Gasteiger partial charge is 0.478 e. The van der Waals surface area contributed by atoms with Gasteiger partial charge in [-0.25, -0.2) is 4.79 Å². The van der Waals surface area contributed by atoms with Crippen molar-refractivity contribution in [2.75, 3.05) is 27.2 Å². The Balaban J connectivity index is 1.64. The molecule has 3 heterocycles. The highest BCUT2D eigenvalue weighted by atomic mass is 32.1. The van der Waals surface area contributed by atoms with Crippen molar-refractivity contribution < 1.29 is 14.3 Å². The lowest BCUT2D eigenvalue weighted by Crippen LogP contribution is -2.32. The zero-order valence-corrected chi connectivity index (χ0v) is 18.9. The molecule has 1 aliphatic rings. The molecule has 1 fully saturated rings. The maximum Gasteiger partial charge on any atom is 0.335 e. The van der Waals surface area contributed by atoms with Gasteiger partial charge in [0.1, 0.15) is 17.6 Å². The molecule has 2 atom stereocenters. The van der Waals surface area contributed by atoms with Crippen molar-refractivity contribution in [3.05, 3.63) is 77.8 Å². The Kier molecular flexibility index (Phi) is 6.53. The van der Waals surface area contributed by atoms with E-state index in [1.807, 2.05) is 30.3 Å². The predicted molar refractivity (Wildman–Crippen MR) is 126 cm³/mol. The van der Waals surface area contributed by atoms with Crippen LogP contribution in [0.4, 0.5) is 0 Å². The summed E-state index contributed by atoms with van der Waals surface area (Å²) in [7, 11) is 4.12. The van der Waals surface area contributed by atoms with Gasteiger partial charge < -0.3 is 24.6 Å². The third-order valence-electron chi connectivity index (χ3n) is 5.54. The van der Waals surface area contributed by atoms with Crippen LogP contribution < -0.4 is 5.32 Å². The van der Waals surface area contributed by atoms with Gasteiger partial charge in [-0.15, -0.1) is 0 Å². The third kappa shape index (κ3) is 4.66. The van der Waals surface area contributed by atoms with Gasteiger partial charge in [-0.05, 0) is 75.7 Å². The molecule has 1 aliphatic heterocycles. The van der Waals surface area contributed by atoms with Crippen LogP contribution in [-0.2, 0) is 0 Å². The van der Waals surface area contributed by atoms with E-state index in [4.69, 9.17) is 21.7 Å². The van der Waals surface area contributed by atoms with E-state index in [1.165, 1.54) is 0 Å². The summed E-state index contributed by atoms with van der Waals surface area (Å²) in [5, 5.41) is 13.3. The highest BCUT2D eigenvalue weighted by Crippen LogP contribution is 2.40. The van der Waals surface area contributed by atoms with Crippen LogP contribution in [-0.4, -0.2) is 58.2 Å². The van der Waals surface area contributed by atoms with Crippen LogP contribution in [0.1, 0.15) is 40.3 Å². The van der Waals surface area contributed by atoms with Gasteiger partial charge in [0.2, 0.25) is 0 Å². The van der Waals surface area contributed by atoms with Crippen LogP contribution in [0.15, 0.2) is 65.2 Å². The summed E-state index contributed by atoms with van der Waals surface area (Å²) in [4.78, 5) is 20.0. The summed E-state index contributed by atoms with van der Waals surface area (Å²) in [5.41, 5.74) is 1.97. The van der Waals surface area contributed by atoms with Gasteiger partial charge in [0.05, 0.1) is 17.3 Å². The minimum Gasteiger partial charge on any atom is -0.478 e. The molecule has 0 aliphatic carbocycles. The van der Waals surface area contributed by atoms with Gasteiger partial charge in [0.25, 0.3) is 0 Å². The standard InChI is InChI=1S/C24H26N4O3S/c1-27(2)14-5-15-28-22(21(26-24(28)32)18-6-3-4-13-25-18)20-12-11-19(31-20)16-7-9-17(10-8-16)23(29)30/h3-4,6-13,21-22H,5,14-15H2,1-2H3,(H,26,32)(H,29,30)/t21-,22+/m1/s1. The molecule has 7 nitrogen and oxygen atoms in total. The quantitative estimate of drug-likeness (QED) is 0.499. The van der Waals surface area contributed by atoms with Gasteiger partial charge in [-0.2, -0.15) is 0 Å². The molecule has 32 heavy (non-hydrogen) atoms. The minimum atomic E-state index is -0.950. The lowest BCUT2D eigenvalue weighted by atomic mass is 10.0. The van der Waals surface area contributed by atoms with Crippen molar-refractivity contribution in [3.8, 4) is 11.3 Å². The number of furan rings is 1. The maximum atomic E-state index is 11.1. The summed E-state index contributed by atoms with van der Waals surface area (Å²) in [6, 6.07) is 16.2. The van der Waals surface area contributed by atoms with E-state index in [0.29, 0.717) is 10.9 Å². The van der Waals surface area contributed by atoms with E-state index < -0.39 is 5.97 Å². The van der Waals surface area contributed by atoms with Gasteiger partial charge in [-0.3, -0.25) is 4.98 Å². The second kappa shape index (κ2) is 9.50. The normalized spacial score (nSPS) is 18.2. The first-order valence-corrected chi connectivity index (χ1v) is 10.9. The number of thiocarbonyl (C=S) groups is 1. The minimum absolute atomic E-state index is 0.128. The van der Waals surface area contributed by atoms with E-state index in [1.54, 1.807) is 30.5 Å². The fraction of sp³-hybridized carbons (Fsp3) is 0.292. The summed E-state index contributed by atoms with van der Waals surface area (Å²) >= 11 is 5.69. The predicted octanol–water partition coefficient (Wildman–Crippen LogP) is 3.96. The van der Waals surface area contributed by atoms with E-state index >= 15 is 0 Å². The number of pyridine rings is 1. The molecule has 0 radical (unpaired) electrons. The molecule has 0 amide bonds. The van der Waals surface area contributed by atoms with Gasteiger partial charge in [0, 0.05) is 18.3 Å². The van der Waals surface area contributed by atoms with E-state index in [2.05, 4.69) is 34.2 Å². The summed E-state index contributed by atoms with van der Waals surface area (Å²) in [6.45, 7) is 1.75. The zero-order valence-electron chi connectivity index (χ0n) is 18.1. The van der Waals surface area contributed by atoms with E-state index in [9.17, 15) is 4.79 Å². The number of rotatable bonds is 8. The Morgan fingerprint density at radius 3 is 2.62 bits per heavy atom. The number of nitrogens with one attached hydrogen (secondary N) is 1. The molecule has 3 aromatic rings. The van der Waals surface area contributed by atoms with Crippen LogP contribution in [0, 0.1) is 0 Å². The Morgan fingerprint density at radius 2 is 1.97 bits per heavy atom. The molecule has 2 aromatic heterocycles. The first-order valence-electron chi connectivity index (χ1n) is 10.5. The molecule has 8 heteroatoms. The molecule has 1 saturated heterocycles. The fourth-order valence-corrected chi connectivity index (χ4v) is 4.29. The molecule has 4 rings (SSSR count). The first-order chi connectivity index (χ1) is 15.4. The van der Waals surface area contributed by atoms with Crippen molar-refractivity contribution in [2.24, 2.45) is 0 Å². The Morgan fingerprint density at radius 1 is 1.19 bits per heavy atom. The molecule has 0 unspecified atom stereocenters. The van der Waals surface area contributed by atoms with Crippen LogP contribution in [0.3, 0.4) is 0 Å². The molecule has 166 valence electrons. The van der Waals surface area contributed by atoms with Gasteiger partial charge >= 0.3 is 5.97 Å². The first kappa shape index (κ1) is 22.0. The molecule has 2 N–H and O–H groups in total. The number of carbonyl (C=O) groups is 1. The topological polar surface area (TPSA) is 81.8 Å². The van der Waals surface area contributed by atoms with Crippen molar-refractivity contribution in [2.45, 2.75) is 18.5 Å². The molecule has 0 bridgehead atoms. The SMILES string of the molecule is CN(C)CCCN1C(=S)N[C@H](c2ccccn2)[C@@H]1c1ccc(-c2ccc(C(=O)O)cc2)o1. The number of aromatic nitrogens is 1. The number of hydrogen-bond donors (Lipinski definition) is 2. The highest BCUT2D eigenvalue weighted by molar-refractivity contribution is 7.80. The average Bonchev–Trinajstić information content (AvgIpc) is 3.39. The molecule has 0 saturated carbocycles. The molecule has 0 spiro atoms. The summed E-state index contributed by atoms with van der Waals surface area (Å²) in [5.74, 6) is 0.520. The lowest BCUT2D eigenvalue weighted by Gasteiger charge is -2.26. The van der Waals surface area contributed by atoms with Crippen molar-refractivity contribution in [1.29, 1.82) is 0 Å². The van der Waals surface area contributed by atoms with Crippen LogP contribution in [0.5, 0.6) is 0 Å². The van der Waals surface area contributed by atoms with E-state index in [0.717, 1.165) is 36.5 Å². The second-order valence-electron chi connectivity index (χ2n) is 8.06. The number of nitrogens with zero attached hydrogens (tertiary/aromatic N) is 3. The van der Waals surface area contributed by atoms with Crippen molar-refractivity contribution >= 4 is 23.3 Å².